The maximum atomic E-state index is 9.96. The number of aliphatic hydroxyl groups is 2. The first-order chi connectivity index (χ1) is 24.3. The van der Waals surface area contributed by atoms with Crippen molar-refractivity contribution in [1.29, 1.82) is 5.26 Å². The largest absolute Gasteiger partial charge is 0.435 e. The van der Waals surface area contributed by atoms with Crippen LogP contribution in [0.1, 0.15) is 40.7 Å². The van der Waals surface area contributed by atoms with E-state index in [1.807, 2.05) is 62.5 Å². The number of hydrogen-bond donors (Lipinski definition) is 3. The van der Waals surface area contributed by atoms with Crippen molar-refractivity contribution in [3.8, 4) is 28.8 Å². The van der Waals surface area contributed by atoms with Crippen molar-refractivity contribution in [3.05, 3.63) is 94.9 Å². The molecule has 0 aliphatic carbocycles. The van der Waals surface area contributed by atoms with Crippen LogP contribution in [0.3, 0.4) is 0 Å². The number of aromatic nitrogens is 4. The van der Waals surface area contributed by atoms with Gasteiger partial charge in [0.15, 0.2) is 11.4 Å². The molecule has 252 valence electrons. The minimum Gasteiger partial charge on any atom is -0.435 e. The van der Waals surface area contributed by atoms with E-state index in [1.54, 1.807) is 12.4 Å². The number of nitrogens with one attached hydrogen (secondary N) is 1. The highest BCUT2D eigenvalue weighted by Gasteiger charge is 2.23. The number of benzene rings is 2. The summed E-state index contributed by atoms with van der Waals surface area (Å²) in [5, 5.41) is 34.3. The van der Waals surface area contributed by atoms with E-state index in [0.29, 0.717) is 48.0 Å². The van der Waals surface area contributed by atoms with Gasteiger partial charge in [0.25, 0.3) is 0 Å². The van der Waals surface area contributed by atoms with Crippen LogP contribution in [0, 0.1) is 25.2 Å². The lowest BCUT2D eigenvalue weighted by atomic mass is 9.96. The smallest absolute Gasteiger partial charge is 0.227 e. The van der Waals surface area contributed by atoms with Crippen LogP contribution in [-0.4, -0.2) is 78.3 Å². The van der Waals surface area contributed by atoms with Gasteiger partial charge in [-0.25, -0.2) is 9.97 Å². The zero-order chi connectivity index (χ0) is 34.4. The molecule has 0 spiro atoms. The molecule has 2 fully saturated rings. The van der Waals surface area contributed by atoms with Gasteiger partial charge in [0.1, 0.15) is 17.1 Å². The van der Waals surface area contributed by atoms with Crippen molar-refractivity contribution in [2.45, 2.75) is 52.0 Å². The zero-order valence-corrected chi connectivity index (χ0v) is 28.1. The van der Waals surface area contributed by atoms with Crippen LogP contribution in [0.5, 0.6) is 0 Å². The number of rotatable bonds is 8. The van der Waals surface area contributed by atoms with E-state index in [4.69, 9.17) is 19.4 Å². The second-order valence-corrected chi connectivity index (χ2v) is 13.5. The molecule has 2 saturated heterocycles. The lowest BCUT2D eigenvalue weighted by Crippen LogP contribution is -2.21. The molecule has 2 aromatic carbocycles. The molecular weight excluding hydrogens is 628 g/mol. The number of likely N-dealkylation sites (tertiary alicyclic amines) is 2. The van der Waals surface area contributed by atoms with Crippen LogP contribution in [0.2, 0.25) is 0 Å². The average molecular weight is 667 g/mol. The van der Waals surface area contributed by atoms with E-state index in [1.165, 1.54) is 0 Å². The summed E-state index contributed by atoms with van der Waals surface area (Å²) in [6.45, 7) is 8.50. The molecule has 0 radical (unpaired) electrons. The first kappa shape index (κ1) is 32.0. The molecule has 3 N–H and O–H groups in total. The second kappa shape index (κ2) is 13.2. The predicted molar refractivity (Wildman–Crippen MR) is 191 cm³/mol. The molecule has 8 rings (SSSR count). The van der Waals surface area contributed by atoms with Gasteiger partial charge in [0.2, 0.25) is 5.89 Å². The fraction of sp³-hybridized carbons (Fsp3) is 0.308. The summed E-state index contributed by atoms with van der Waals surface area (Å²) < 4.78 is 6.26. The van der Waals surface area contributed by atoms with Gasteiger partial charge in [0, 0.05) is 80.1 Å². The molecule has 6 aromatic rings. The lowest BCUT2D eigenvalue weighted by molar-refractivity contribution is 0.174. The van der Waals surface area contributed by atoms with Gasteiger partial charge in [-0.1, -0.05) is 12.1 Å². The van der Waals surface area contributed by atoms with E-state index in [0.717, 1.165) is 88.1 Å². The van der Waals surface area contributed by atoms with Gasteiger partial charge < -0.3 is 19.9 Å². The monoisotopic (exact) mass is 666 g/mol. The SMILES string of the molecule is Cc1c(-c2nc3cc(CN4CC[C@@H](O)C4)cc(C#N)c3o2)cccc1-c1nccc(Nc2nccc3cc(CN4CC[C@@H](O)C4)cnc23)c1C. The molecule has 11 nitrogen and oxygen atoms in total. The fourth-order valence-electron chi connectivity index (χ4n) is 7.29. The van der Waals surface area contributed by atoms with E-state index in [9.17, 15) is 15.5 Å². The predicted octanol–water partition coefficient (Wildman–Crippen LogP) is 5.87. The quantitative estimate of drug-likeness (QED) is 0.179. The number of aliphatic hydroxyl groups excluding tert-OH is 2. The molecule has 2 aliphatic heterocycles. The second-order valence-electron chi connectivity index (χ2n) is 13.5. The summed E-state index contributed by atoms with van der Waals surface area (Å²) in [5.41, 5.74) is 9.78. The normalized spacial score (nSPS) is 18.3. The summed E-state index contributed by atoms with van der Waals surface area (Å²) in [4.78, 5) is 23.5. The Kier molecular flexibility index (Phi) is 8.46. The summed E-state index contributed by atoms with van der Waals surface area (Å²) in [7, 11) is 0. The van der Waals surface area contributed by atoms with Crippen LogP contribution in [0.4, 0.5) is 11.5 Å². The number of nitriles is 1. The maximum Gasteiger partial charge on any atom is 0.227 e. The average Bonchev–Trinajstić information content (AvgIpc) is 3.85. The van der Waals surface area contributed by atoms with Crippen LogP contribution in [0.15, 0.2) is 71.5 Å². The van der Waals surface area contributed by atoms with Crippen LogP contribution < -0.4 is 5.32 Å². The van der Waals surface area contributed by atoms with Crippen LogP contribution in [0.25, 0.3) is 44.7 Å². The molecule has 50 heavy (non-hydrogen) atoms. The number of nitrogens with zero attached hydrogens (tertiary/aromatic N) is 7. The Bertz CT molecular complexity index is 2280. The first-order valence-electron chi connectivity index (χ1n) is 17.0. The van der Waals surface area contributed by atoms with Crippen LogP contribution >= 0.6 is 0 Å². The third-order valence-electron chi connectivity index (χ3n) is 9.91. The Morgan fingerprint density at radius 1 is 0.880 bits per heavy atom. The highest BCUT2D eigenvalue weighted by Crippen LogP contribution is 2.37. The Morgan fingerprint density at radius 3 is 2.36 bits per heavy atom. The molecule has 0 saturated carbocycles. The molecule has 4 aromatic heterocycles. The third kappa shape index (κ3) is 6.19. The zero-order valence-electron chi connectivity index (χ0n) is 28.1. The first-order valence-corrected chi connectivity index (χ1v) is 17.0. The Balaban J connectivity index is 1.08. The van der Waals surface area contributed by atoms with Crippen molar-refractivity contribution in [2.24, 2.45) is 0 Å². The van der Waals surface area contributed by atoms with Crippen molar-refractivity contribution in [3.63, 3.8) is 0 Å². The maximum absolute atomic E-state index is 9.96. The molecule has 0 bridgehead atoms. The number of anilines is 2. The minimum absolute atomic E-state index is 0.251. The number of pyridine rings is 3. The van der Waals surface area contributed by atoms with Crippen molar-refractivity contribution >= 4 is 33.5 Å². The summed E-state index contributed by atoms with van der Waals surface area (Å²) in [5.74, 6) is 1.11. The number of fused-ring (bicyclic) bond motifs is 2. The Labute approximate surface area is 289 Å². The highest BCUT2D eigenvalue weighted by molar-refractivity contribution is 5.91. The lowest BCUT2D eigenvalue weighted by Gasteiger charge is -2.16. The van der Waals surface area contributed by atoms with Crippen molar-refractivity contribution in [2.75, 3.05) is 31.5 Å². The fourth-order valence-corrected chi connectivity index (χ4v) is 7.29. The molecule has 0 amide bonds. The molecule has 2 atom stereocenters. The third-order valence-corrected chi connectivity index (χ3v) is 9.91. The van der Waals surface area contributed by atoms with Gasteiger partial charge in [-0.3, -0.25) is 19.8 Å². The molecule has 6 heterocycles. The van der Waals surface area contributed by atoms with Gasteiger partial charge >= 0.3 is 0 Å². The van der Waals surface area contributed by atoms with Gasteiger partial charge in [-0.05, 0) is 85.3 Å². The number of β-amino-alcohol motifs (C(OH)–C–C–N with tert-alkyl or cyclic N) is 2. The molecular formula is C39H38N8O3. The van der Waals surface area contributed by atoms with E-state index < -0.39 is 0 Å². The van der Waals surface area contributed by atoms with Gasteiger partial charge in [-0.2, -0.15) is 5.26 Å². The highest BCUT2D eigenvalue weighted by atomic mass is 16.3. The Hall–Kier alpha value is -5.25. The summed E-state index contributed by atoms with van der Waals surface area (Å²) in [6.07, 6.45) is 6.48. The number of oxazole rings is 1. The summed E-state index contributed by atoms with van der Waals surface area (Å²) in [6, 6.07) is 18.2. The van der Waals surface area contributed by atoms with Gasteiger partial charge in [0.05, 0.1) is 23.5 Å². The van der Waals surface area contributed by atoms with Crippen molar-refractivity contribution in [1.82, 2.24) is 29.7 Å². The van der Waals surface area contributed by atoms with E-state index >= 15 is 0 Å². The minimum atomic E-state index is -0.305. The molecule has 0 unspecified atom stereocenters. The van der Waals surface area contributed by atoms with E-state index in [2.05, 4.69) is 32.2 Å². The van der Waals surface area contributed by atoms with Crippen LogP contribution in [-0.2, 0) is 13.1 Å². The molecule has 11 heteroatoms. The number of hydrogen-bond acceptors (Lipinski definition) is 11. The Morgan fingerprint density at radius 2 is 1.62 bits per heavy atom. The topological polar surface area (TPSA) is 147 Å². The summed E-state index contributed by atoms with van der Waals surface area (Å²) >= 11 is 0. The van der Waals surface area contributed by atoms with Crippen molar-refractivity contribution < 1.29 is 14.6 Å². The molecule has 2 aliphatic rings. The van der Waals surface area contributed by atoms with E-state index in [-0.39, 0.29) is 12.2 Å². The standard InChI is InChI=1S/C39H38N8O3/c1-23-31(4-3-5-32(23)39-45-34-16-25(14-28(17-40)37(34)50-39)19-46-12-8-29(48)21-46)35-24(2)33(7-11-41-35)44-38-36-27(6-10-42-38)15-26(18-43-36)20-47-13-9-30(49)22-47/h3-7,10-11,14-16,18,29-30,48-49H,8-9,12-13,19-22H2,1-2H3,(H,41,42,44)/t29-,30-/m1/s1. The van der Waals surface area contributed by atoms with Gasteiger partial charge in [-0.15, -0.1) is 0 Å².